The van der Waals surface area contributed by atoms with Crippen LogP contribution >= 0.6 is 0 Å². The number of methoxy groups -OCH3 is 2. The lowest BCUT2D eigenvalue weighted by Gasteiger charge is -2.43. The third kappa shape index (κ3) is 2.74. The highest BCUT2D eigenvalue weighted by atomic mass is 16.5. The van der Waals surface area contributed by atoms with Crippen LogP contribution in [0.2, 0.25) is 0 Å². The van der Waals surface area contributed by atoms with Crippen molar-refractivity contribution in [2.75, 3.05) is 19.1 Å². The second-order valence-electron chi connectivity index (χ2n) is 5.60. The summed E-state index contributed by atoms with van der Waals surface area (Å²) in [6.45, 7) is 0. The zero-order chi connectivity index (χ0) is 16.4. The van der Waals surface area contributed by atoms with Crippen LogP contribution in [0.25, 0.3) is 6.08 Å². The van der Waals surface area contributed by atoms with Gasteiger partial charge in [0.05, 0.1) is 26.2 Å². The molecule has 2 aliphatic rings. The molecule has 2 atom stereocenters. The number of benzene rings is 1. The van der Waals surface area contributed by atoms with Gasteiger partial charge in [-0.1, -0.05) is 30.4 Å². The summed E-state index contributed by atoms with van der Waals surface area (Å²) in [6, 6.07) is 8.05. The molecule has 1 unspecified atom stereocenters. The van der Waals surface area contributed by atoms with Crippen molar-refractivity contribution in [1.29, 1.82) is 0 Å². The molecule has 3 rings (SSSR count). The molecule has 0 spiro atoms. The first-order valence-electron chi connectivity index (χ1n) is 7.59. The quantitative estimate of drug-likeness (QED) is 0.620. The Morgan fingerprint density at radius 3 is 2.70 bits per heavy atom. The van der Waals surface area contributed by atoms with Gasteiger partial charge in [-0.15, -0.1) is 0 Å². The van der Waals surface area contributed by atoms with Crippen LogP contribution in [0, 0.1) is 5.92 Å². The number of hydrogen-bond donors (Lipinski definition) is 0. The predicted octanol–water partition coefficient (Wildman–Crippen LogP) is 2.53. The highest BCUT2D eigenvalue weighted by Crippen LogP contribution is 2.41. The number of nitrogens with zero attached hydrogens (tertiary/aromatic N) is 1. The summed E-state index contributed by atoms with van der Waals surface area (Å²) in [7, 11) is 2.70. The molecule has 1 fully saturated rings. The molecule has 0 aromatic heterocycles. The Hall–Kier alpha value is -2.56. The van der Waals surface area contributed by atoms with Crippen molar-refractivity contribution in [3.05, 3.63) is 47.7 Å². The average molecular weight is 313 g/mol. The lowest BCUT2D eigenvalue weighted by Crippen LogP contribution is -2.45. The van der Waals surface area contributed by atoms with Crippen LogP contribution in [0.3, 0.4) is 0 Å². The molecule has 5 heteroatoms. The number of carbonyl (C=O) groups is 2. The molecule has 1 aromatic carbocycles. The predicted molar refractivity (Wildman–Crippen MR) is 86.6 cm³/mol. The summed E-state index contributed by atoms with van der Waals surface area (Å²) in [5, 5.41) is 0. The first-order valence-corrected chi connectivity index (χ1v) is 7.59. The molecule has 0 bridgehead atoms. The first-order chi connectivity index (χ1) is 11.2. The van der Waals surface area contributed by atoms with Gasteiger partial charge < -0.3 is 14.4 Å². The number of rotatable bonds is 2. The molecule has 0 radical (unpaired) electrons. The standard InChI is InChI=1S/C18H19NO4/c1-22-17(20)11-16-14(18(21)23-2)10-9-13-8-7-12-5-3-4-6-15(12)19(13)16/h3-8,11,13-14H,9-10H2,1-2H3/b16-11+/t13-,14?/m0/s1. The highest BCUT2D eigenvalue weighted by molar-refractivity contribution is 5.88. The zero-order valence-electron chi connectivity index (χ0n) is 13.2. The van der Waals surface area contributed by atoms with Crippen LogP contribution < -0.4 is 4.90 Å². The van der Waals surface area contributed by atoms with Crippen LogP contribution in [0.5, 0.6) is 0 Å². The van der Waals surface area contributed by atoms with Crippen LogP contribution in [0.4, 0.5) is 5.69 Å². The van der Waals surface area contributed by atoms with Gasteiger partial charge in [0.25, 0.3) is 0 Å². The number of anilines is 1. The topological polar surface area (TPSA) is 55.8 Å². The van der Waals surface area contributed by atoms with Crippen molar-refractivity contribution < 1.29 is 19.1 Å². The SMILES string of the molecule is COC(=O)/C=C1\C(C(=O)OC)CC[C@@H]2C=Cc3ccccc3N12. The van der Waals surface area contributed by atoms with E-state index in [2.05, 4.69) is 17.1 Å². The monoisotopic (exact) mass is 313 g/mol. The van der Waals surface area contributed by atoms with E-state index in [1.807, 2.05) is 24.3 Å². The molecule has 1 saturated heterocycles. The van der Waals surface area contributed by atoms with Gasteiger partial charge in [0.1, 0.15) is 0 Å². The lowest BCUT2D eigenvalue weighted by atomic mass is 9.85. The summed E-state index contributed by atoms with van der Waals surface area (Å²) >= 11 is 0. The number of esters is 2. The van der Waals surface area contributed by atoms with Crippen molar-refractivity contribution in [3.63, 3.8) is 0 Å². The van der Waals surface area contributed by atoms with Gasteiger partial charge in [-0.05, 0) is 24.5 Å². The van der Waals surface area contributed by atoms with E-state index in [1.165, 1.54) is 20.3 Å². The van der Waals surface area contributed by atoms with Gasteiger partial charge in [-0.3, -0.25) is 4.79 Å². The van der Waals surface area contributed by atoms with E-state index in [1.54, 1.807) is 0 Å². The normalized spacial score (nSPS) is 23.9. The number of fused-ring (bicyclic) bond motifs is 3. The van der Waals surface area contributed by atoms with Gasteiger partial charge >= 0.3 is 11.9 Å². The van der Waals surface area contributed by atoms with E-state index in [4.69, 9.17) is 9.47 Å². The van der Waals surface area contributed by atoms with Gasteiger partial charge in [-0.2, -0.15) is 0 Å². The number of hydrogen-bond acceptors (Lipinski definition) is 5. The zero-order valence-corrected chi connectivity index (χ0v) is 13.2. The van der Waals surface area contributed by atoms with E-state index in [0.29, 0.717) is 12.1 Å². The Kier molecular flexibility index (Phi) is 4.19. The van der Waals surface area contributed by atoms with Crippen LogP contribution in [-0.4, -0.2) is 32.2 Å². The van der Waals surface area contributed by atoms with Gasteiger partial charge in [0.2, 0.25) is 0 Å². The Morgan fingerprint density at radius 1 is 1.17 bits per heavy atom. The largest absolute Gasteiger partial charge is 0.469 e. The van der Waals surface area contributed by atoms with Crippen LogP contribution in [0.15, 0.2) is 42.1 Å². The molecule has 23 heavy (non-hydrogen) atoms. The fraction of sp³-hybridized carbons (Fsp3) is 0.333. The summed E-state index contributed by atoms with van der Waals surface area (Å²) in [6.07, 6.45) is 7.07. The molecule has 120 valence electrons. The summed E-state index contributed by atoms with van der Waals surface area (Å²) < 4.78 is 9.70. The number of carbonyl (C=O) groups excluding carboxylic acids is 2. The fourth-order valence-electron chi connectivity index (χ4n) is 3.27. The number of ether oxygens (including phenoxy) is 2. The Bertz CT molecular complexity index is 692. The number of piperidine rings is 1. The van der Waals surface area contributed by atoms with Crippen molar-refractivity contribution >= 4 is 23.7 Å². The molecule has 0 amide bonds. The first kappa shape index (κ1) is 15.3. The van der Waals surface area contributed by atoms with E-state index in [-0.39, 0.29) is 12.0 Å². The van der Waals surface area contributed by atoms with Crippen molar-refractivity contribution in [2.45, 2.75) is 18.9 Å². The van der Waals surface area contributed by atoms with Crippen molar-refractivity contribution in [2.24, 2.45) is 5.92 Å². The molecule has 0 N–H and O–H groups in total. The summed E-state index contributed by atoms with van der Waals surface area (Å²) in [5.41, 5.74) is 2.69. The minimum atomic E-state index is -0.471. The fourth-order valence-corrected chi connectivity index (χ4v) is 3.27. The lowest BCUT2D eigenvalue weighted by molar-refractivity contribution is -0.144. The van der Waals surface area contributed by atoms with Gasteiger partial charge in [0, 0.05) is 17.5 Å². The average Bonchev–Trinajstić information content (AvgIpc) is 2.60. The second-order valence-corrected chi connectivity index (χ2v) is 5.60. The van der Waals surface area contributed by atoms with E-state index < -0.39 is 11.9 Å². The summed E-state index contributed by atoms with van der Waals surface area (Å²) in [4.78, 5) is 26.1. The third-order valence-electron chi connectivity index (χ3n) is 4.36. The maximum atomic E-state index is 12.2. The van der Waals surface area contributed by atoms with Crippen molar-refractivity contribution in [1.82, 2.24) is 0 Å². The molecular formula is C18H19NO4. The minimum Gasteiger partial charge on any atom is -0.469 e. The molecule has 5 nitrogen and oxygen atoms in total. The minimum absolute atomic E-state index is 0.127. The van der Waals surface area contributed by atoms with Crippen LogP contribution in [-0.2, 0) is 19.1 Å². The second kappa shape index (κ2) is 6.28. The molecule has 2 heterocycles. The smallest absolute Gasteiger partial charge is 0.332 e. The maximum Gasteiger partial charge on any atom is 0.332 e. The molecule has 1 aromatic rings. The van der Waals surface area contributed by atoms with E-state index >= 15 is 0 Å². The Balaban J connectivity index is 2.10. The Labute approximate surface area is 135 Å². The summed E-state index contributed by atoms with van der Waals surface area (Å²) in [5.74, 6) is -1.26. The molecular weight excluding hydrogens is 294 g/mol. The van der Waals surface area contributed by atoms with Gasteiger partial charge in [-0.25, -0.2) is 4.79 Å². The Morgan fingerprint density at radius 2 is 1.96 bits per heavy atom. The molecule has 2 aliphatic heterocycles. The number of para-hydroxylation sites is 1. The van der Waals surface area contributed by atoms with Crippen LogP contribution in [0.1, 0.15) is 18.4 Å². The van der Waals surface area contributed by atoms with E-state index in [9.17, 15) is 9.59 Å². The van der Waals surface area contributed by atoms with Crippen molar-refractivity contribution in [3.8, 4) is 0 Å². The maximum absolute atomic E-state index is 12.2. The van der Waals surface area contributed by atoms with Gasteiger partial charge in [0.15, 0.2) is 0 Å². The van der Waals surface area contributed by atoms with E-state index in [0.717, 1.165) is 17.7 Å². The molecule has 0 aliphatic carbocycles. The highest BCUT2D eigenvalue weighted by Gasteiger charge is 2.38. The molecule has 0 saturated carbocycles. The third-order valence-corrected chi connectivity index (χ3v) is 4.36.